The molecule has 3 aromatic carbocycles. The molecule has 3 aromatic rings. The van der Waals surface area contributed by atoms with Crippen LogP contribution in [0.1, 0.15) is 35.6 Å². The highest BCUT2D eigenvalue weighted by atomic mass is 79.9. The van der Waals surface area contributed by atoms with E-state index in [2.05, 4.69) is 89.7 Å². The molecule has 0 saturated carbocycles. The highest BCUT2D eigenvalue weighted by Gasteiger charge is 2.13. The standard InChI is InChI=1S/C26H30BrNO2/c1-19-9-7-8-12-23(19)18-30-26-24(27)15-22(16-25(26)29-3)17-28-20(2)13-14-21-10-5-4-6-11-21/h4-12,15-16,20,28H,13-14,17-18H2,1-3H3. The molecule has 0 aliphatic rings. The Bertz CT molecular complexity index is 943. The third-order valence-electron chi connectivity index (χ3n) is 5.29. The predicted octanol–water partition coefficient (Wildman–Crippen LogP) is 6.46. The van der Waals surface area contributed by atoms with Crippen LogP contribution in [0.3, 0.4) is 0 Å². The topological polar surface area (TPSA) is 30.5 Å². The van der Waals surface area contributed by atoms with Crippen LogP contribution in [0.2, 0.25) is 0 Å². The fourth-order valence-corrected chi connectivity index (χ4v) is 3.96. The second kappa shape index (κ2) is 11.2. The highest BCUT2D eigenvalue weighted by molar-refractivity contribution is 9.10. The Balaban J connectivity index is 1.58. The number of halogens is 1. The molecular formula is C26H30BrNO2. The number of rotatable bonds is 10. The predicted molar refractivity (Wildman–Crippen MR) is 127 cm³/mol. The Morgan fingerprint density at radius 3 is 2.43 bits per heavy atom. The van der Waals surface area contributed by atoms with Gasteiger partial charge < -0.3 is 14.8 Å². The van der Waals surface area contributed by atoms with E-state index < -0.39 is 0 Å². The Labute approximate surface area is 188 Å². The van der Waals surface area contributed by atoms with Gasteiger partial charge in [0, 0.05) is 12.6 Å². The van der Waals surface area contributed by atoms with Gasteiger partial charge in [-0.2, -0.15) is 0 Å². The molecule has 0 spiro atoms. The SMILES string of the molecule is COc1cc(CNC(C)CCc2ccccc2)cc(Br)c1OCc1ccccc1C. The number of aryl methyl sites for hydroxylation is 2. The minimum Gasteiger partial charge on any atom is -0.493 e. The highest BCUT2D eigenvalue weighted by Crippen LogP contribution is 2.37. The van der Waals surface area contributed by atoms with Crippen molar-refractivity contribution in [2.45, 2.75) is 45.9 Å². The van der Waals surface area contributed by atoms with Gasteiger partial charge in [-0.1, -0.05) is 54.6 Å². The molecule has 0 aliphatic heterocycles. The van der Waals surface area contributed by atoms with Crippen molar-refractivity contribution in [2.24, 2.45) is 0 Å². The zero-order chi connectivity index (χ0) is 21.3. The number of hydrogen-bond donors (Lipinski definition) is 1. The summed E-state index contributed by atoms with van der Waals surface area (Å²) >= 11 is 3.67. The molecule has 0 heterocycles. The van der Waals surface area contributed by atoms with E-state index in [0.717, 1.165) is 40.9 Å². The van der Waals surface area contributed by atoms with Crippen LogP contribution in [0.4, 0.5) is 0 Å². The summed E-state index contributed by atoms with van der Waals surface area (Å²) in [5.74, 6) is 1.48. The number of benzene rings is 3. The van der Waals surface area contributed by atoms with Crippen molar-refractivity contribution in [3.05, 3.63) is 93.5 Å². The average Bonchev–Trinajstić information content (AvgIpc) is 2.77. The zero-order valence-corrected chi connectivity index (χ0v) is 19.5. The van der Waals surface area contributed by atoms with Crippen molar-refractivity contribution >= 4 is 15.9 Å². The summed E-state index contributed by atoms with van der Waals surface area (Å²) in [6.45, 7) is 5.62. The monoisotopic (exact) mass is 467 g/mol. The molecule has 1 N–H and O–H groups in total. The summed E-state index contributed by atoms with van der Waals surface area (Å²) in [5, 5.41) is 3.62. The first-order valence-electron chi connectivity index (χ1n) is 10.4. The number of hydrogen-bond acceptors (Lipinski definition) is 3. The van der Waals surface area contributed by atoms with Crippen molar-refractivity contribution < 1.29 is 9.47 Å². The Morgan fingerprint density at radius 2 is 1.70 bits per heavy atom. The lowest BCUT2D eigenvalue weighted by Crippen LogP contribution is -2.26. The number of ether oxygens (including phenoxy) is 2. The smallest absolute Gasteiger partial charge is 0.175 e. The van der Waals surface area contributed by atoms with Gasteiger partial charge in [0.25, 0.3) is 0 Å². The second-order valence-corrected chi connectivity index (χ2v) is 8.48. The normalized spacial score (nSPS) is 11.9. The summed E-state index contributed by atoms with van der Waals surface area (Å²) in [5.41, 5.74) is 4.93. The van der Waals surface area contributed by atoms with Crippen molar-refractivity contribution in [1.29, 1.82) is 0 Å². The van der Waals surface area contributed by atoms with Crippen LogP contribution in [0, 0.1) is 6.92 Å². The van der Waals surface area contributed by atoms with Crippen LogP contribution in [0.5, 0.6) is 11.5 Å². The quantitative estimate of drug-likeness (QED) is 0.371. The lowest BCUT2D eigenvalue weighted by molar-refractivity contribution is 0.281. The third-order valence-corrected chi connectivity index (χ3v) is 5.88. The minimum atomic E-state index is 0.423. The summed E-state index contributed by atoms with van der Waals surface area (Å²) in [4.78, 5) is 0. The molecule has 158 valence electrons. The number of methoxy groups -OCH3 is 1. The van der Waals surface area contributed by atoms with E-state index in [1.165, 1.54) is 16.7 Å². The molecule has 0 saturated heterocycles. The van der Waals surface area contributed by atoms with Crippen molar-refractivity contribution in [3.63, 3.8) is 0 Å². The van der Waals surface area contributed by atoms with E-state index in [1.807, 2.05) is 12.1 Å². The van der Waals surface area contributed by atoms with E-state index in [9.17, 15) is 0 Å². The Kier molecular flexibility index (Phi) is 8.35. The molecule has 3 rings (SSSR count). The van der Waals surface area contributed by atoms with Crippen molar-refractivity contribution in [3.8, 4) is 11.5 Å². The first-order valence-corrected chi connectivity index (χ1v) is 11.2. The second-order valence-electron chi connectivity index (χ2n) is 7.63. The Hall–Kier alpha value is -2.30. The molecule has 3 nitrogen and oxygen atoms in total. The maximum Gasteiger partial charge on any atom is 0.175 e. The van der Waals surface area contributed by atoms with Crippen molar-refractivity contribution in [1.82, 2.24) is 5.32 Å². The van der Waals surface area contributed by atoms with Gasteiger partial charge in [0.1, 0.15) is 6.61 Å². The number of nitrogens with one attached hydrogen (secondary N) is 1. The van der Waals surface area contributed by atoms with Crippen LogP contribution in [0.15, 0.2) is 71.2 Å². The molecule has 0 fully saturated rings. The van der Waals surface area contributed by atoms with E-state index >= 15 is 0 Å². The van der Waals surface area contributed by atoms with E-state index in [4.69, 9.17) is 9.47 Å². The van der Waals surface area contributed by atoms with E-state index in [0.29, 0.717) is 12.6 Å². The van der Waals surface area contributed by atoms with Gasteiger partial charge >= 0.3 is 0 Å². The molecule has 0 aromatic heterocycles. The molecule has 30 heavy (non-hydrogen) atoms. The average molecular weight is 468 g/mol. The molecule has 1 atom stereocenters. The van der Waals surface area contributed by atoms with Gasteiger partial charge in [0.2, 0.25) is 0 Å². The Morgan fingerprint density at radius 1 is 0.967 bits per heavy atom. The molecule has 1 unspecified atom stereocenters. The molecule has 4 heteroatoms. The van der Waals surface area contributed by atoms with Gasteiger partial charge in [-0.05, 0) is 77.0 Å². The van der Waals surface area contributed by atoms with Crippen LogP contribution in [-0.2, 0) is 19.6 Å². The fraction of sp³-hybridized carbons (Fsp3) is 0.308. The molecular weight excluding hydrogens is 438 g/mol. The maximum atomic E-state index is 6.10. The molecule has 0 aliphatic carbocycles. The van der Waals surface area contributed by atoms with Gasteiger partial charge in [-0.15, -0.1) is 0 Å². The fourth-order valence-electron chi connectivity index (χ4n) is 3.36. The molecule has 0 bridgehead atoms. The van der Waals surface area contributed by atoms with Crippen LogP contribution in [-0.4, -0.2) is 13.2 Å². The lowest BCUT2D eigenvalue weighted by Gasteiger charge is -2.17. The summed E-state index contributed by atoms with van der Waals surface area (Å²) in [7, 11) is 1.68. The van der Waals surface area contributed by atoms with Crippen LogP contribution >= 0.6 is 15.9 Å². The lowest BCUT2D eigenvalue weighted by atomic mass is 10.1. The van der Waals surface area contributed by atoms with E-state index in [-0.39, 0.29) is 0 Å². The minimum absolute atomic E-state index is 0.423. The zero-order valence-electron chi connectivity index (χ0n) is 18.0. The van der Waals surface area contributed by atoms with Crippen molar-refractivity contribution in [2.75, 3.05) is 7.11 Å². The summed E-state index contributed by atoms with van der Waals surface area (Å²) in [6.07, 6.45) is 2.17. The third kappa shape index (κ3) is 6.35. The molecule has 0 amide bonds. The van der Waals surface area contributed by atoms with Crippen LogP contribution < -0.4 is 14.8 Å². The summed E-state index contributed by atoms with van der Waals surface area (Å²) < 4.78 is 12.6. The van der Waals surface area contributed by atoms with Crippen LogP contribution in [0.25, 0.3) is 0 Å². The van der Waals surface area contributed by atoms with Gasteiger partial charge in [-0.3, -0.25) is 0 Å². The molecule has 0 radical (unpaired) electrons. The van der Waals surface area contributed by atoms with Gasteiger partial charge in [0.15, 0.2) is 11.5 Å². The van der Waals surface area contributed by atoms with Gasteiger partial charge in [0.05, 0.1) is 11.6 Å². The first kappa shape index (κ1) is 22.4. The summed E-state index contributed by atoms with van der Waals surface area (Å²) in [6, 6.07) is 23.5. The first-order chi connectivity index (χ1) is 14.6. The maximum absolute atomic E-state index is 6.10. The largest absolute Gasteiger partial charge is 0.493 e. The van der Waals surface area contributed by atoms with Gasteiger partial charge in [-0.25, -0.2) is 0 Å². The van der Waals surface area contributed by atoms with E-state index in [1.54, 1.807) is 7.11 Å².